The highest BCUT2D eigenvalue weighted by molar-refractivity contribution is 7.89. The van der Waals surface area contributed by atoms with Crippen LogP contribution in [0.3, 0.4) is 0 Å². The minimum atomic E-state index is -3.58. The third-order valence-corrected chi connectivity index (χ3v) is 5.08. The van der Waals surface area contributed by atoms with Gasteiger partial charge in [-0.2, -0.15) is 0 Å². The zero-order chi connectivity index (χ0) is 14.2. The van der Waals surface area contributed by atoms with Crippen LogP contribution in [0.4, 0.5) is 0 Å². The number of rotatable bonds is 5. The molecule has 0 saturated heterocycles. The average molecular weight is 291 g/mol. The van der Waals surface area contributed by atoms with Crippen molar-refractivity contribution in [2.45, 2.75) is 23.8 Å². The summed E-state index contributed by atoms with van der Waals surface area (Å²) in [5.41, 5.74) is 6.42. The maximum Gasteiger partial charge on any atom is 0.242 e. The molecule has 1 saturated carbocycles. The third-order valence-electron chi connectivity index (χ3n) is 3.62. The van der Waals surface area contributed by atoms with Crippen LogP contribution in [0.1, 0.15) is 12.8 Å². The molecule has 1 unspecified atom stereocenters. The Kier molecular flexibility index (Phi) is 3.45. The molecule has 1 aliphatic carbocycles. The highest BCUT2D eigenvalue weighted by atomic mass is 32.2. The van der Waals surface area contributed by atoms with Gasteiger partial charge in [-0.05, 0) is 30.9 Å². The lowest BCUT2D eigenvalue weighted by Gasteiger charge is -2.13. The molecule has 1 heterocycles. The SMILES string of the molecule is NC(CNS(=O)(=O)c1cccc2cccnc12)C1CC1. The number of hydrogen-bond acceptors (Lipinski definition) is 4. The first kappa shape index (κ1) is 13.5. The Bertz CT molecular complexity index is 721. The molecule has 0 aliphatic heterocycles. The number of pyridine rings is 1. The third kappa shape index (κ3) is 2.67. The molecular weight excluding hydrogens is 274 g/mol. The van der Waals surface area contributed by atoms with E-state index in [2.05, 4.69) is 9.71 Å². The van der Waals surface area contributed by atoms with Crippen molar-refractivity contribution in [1.82, 2.24) is 9.71 Å². The van der Waals surface area contributed by atoms with Crippen LogP contribution in [-0.4, -0.2) is 26.0 Å². The topological polar surface area (TPSA) is 85.1 Å². The molecule has 0 radical (unpaired) electrons. The molecule has 20 heavy (non-hydrogen) atoms. The Morgan fingerprint density at radius 1 is 1.30 bits per heavy atom. The summed E-state index contributed by atoms with van der Waals surface area (Å²) in [6.07, 6.45) is 3.79. The van der Waals surface area contributed by atoms with E-state index in [9.17, 15) is 8.42 Å². The average Bonchev–Trinajstić information content (AvgIpc) is 3.29. The molecule has 0 bridgehead atoms. The molecule has 3 N–H and O–H groups in total. The lowest BCUT2D eigenvalue weighted by molar-refractivity contribution is 0.548. The summed E-state index contributed by atoms with van der Waals surface area (Å²) in [6.45, 7) is 0.274. The predicted molar refractivity (Wildman–Crippen MR) is 77.6 cm³/mol. The number of nitrogens with one attached hydrogen (secondary N) is 1. The summed E-state index contributed by atoms with van der Waals surface area (Å²) >= 11 is 0. The number of fused-ring (bicyclic) bond motifs is 1. The van der Waals surface area contributed by atoms with Crippen LogP contribution >= 0.6 is 0 Å². The fourth-order valence-corrected chi connectivity index (χ4v) is 3.52. The first-order valence-electron chi connectivity index (χ1n) is 6.67. The van der Waals surface area contributed by atoms with Gasteiger partial charge in [0.2, 0.25) is 10.0 Å². The Labute approximate surface area is 118 Å². The summed E-state index contributed by atoms with van der Waals surface area (Å²) < 4.78 is 27.4. The van der Waals surface area contributed by atoms with Gasteiger partial charge in [0, 0.05) is 24.2 Å². The van der Waals surface area contributed by atoms with E-state index >= 15 is 0 Å². The van der Waals surface area contributed by atoms with Crippen molar-refractivity contribution in [3.63, 3.8) is 0 Å². The van der Waals surface area contributed by atoms with Crippen molar-refractivity contribution >= 4 is 20.9 Å². The number of aromatic nitrogens is 1. The monoisotopic (exact) mass is 291 g/mol. The molecule has 0 spiro atoms. The number of nitrogens with zero attached hydrogens (tertiary/aromatic N) is 1. The van der Waals surface area contributed by atoms with Crippen LogP contribution in [-0.2, 0) is 10.0 Å². The van der Waals surface area contributed by atoms with Crippen molar-refractivity contribution < 1.29 is 8.42 Å². The second-order valence-electron chi connectivity index (χ2n) is 5.18. The first-order chi connectivity index (χ1) is 9.58. The number of hydrogen-bond donors (Lipinski definition) is 2. The van der Waals surface area contributed by atoms with Crippen molar-refractivity contribution in [3.8, 4) is 0 Å². The van der Waals surface area contributed by atoms with Crippen molar-refractivity contribution in [3.05, 3.63) is 36.5 Å². The molecule has 3 rings (SSSR count). The maximum atomic E-state index is 12.4. The molecule has 0 amide bonds. The van der Waals surface area contributed by atoms with Crippen LogP contribution < -0.4 is 10.5 Å². The Balaban J connectivity index is 1.88. The molecule has 2 aromatic rings. The highest BCUT2D eigenvalue weighted by Crippen LogP contribution is 2.31. The fraction of sp³-hybridized carbons (Fsp3) is 0.357. The molecule has 1 aliphatic rings. The van der Waals surface area contributed by atoms with Crippen LogP contribution in [0.5, 0.6) is 0 Å². The van der Waals surface area contributed by atoms with E-state index in [-0.39, 0.29) is 17.5 Å². The zero-order valence-corrected chi connectivity index (χ0v) is 11.8. The number of sulfonamides is 1. The minimum Gasteiger partial charge on any atom is -0.326 e. The van der Waals surface area contributed by atoms with Gasteiger partial charge >= 0.3 is 0 Å². The molecule has 5 nitrogen and oxygen atoms in total. The summed E-state index contributed by atoms with van der Waals surface area (Å²) in [5, 5.41) is 0.807. The van der Waals surface area contributed by atoms with Gasteiger partial charge in [0.25, 0.3) is 0 Å². The van der Waals surface area contributed by atoms with Crippen molar-refractivity contribution in [2.75, 3.05) is 6.54 Å². The van der Waals surface area contributed by atoms with Crippen LogP contribution in [0.15, 0.2) is 41.4 Å². The summed E-state index contributed by atoms with van der Waals surface area (Å²) in [6, 6.07) is 8.66. The zero-order valence-electron chi connectivity index (χ0n) is 11.0. The van der Waals surface area contributed by atoms with Crippen molar-refractivity contribution in [1.29, 1.82) is 0 Å². The molecule has 6 heteroatoms. The standard InChI is InChI=1S/C14H17N3O2S/c15-12(10-6-7-10)9-17-20(18,19)13-5-1-3-11-4-2-8-16-14(11)13/h1-5,8,10,12,17H,6-7,9,15H2. The normalized spacial score (nSPS) is 17.2. The first-order valence-corrected chi connectivity index (χ1v) is 8.15. The van der Waals surface area contributed by atoms with Gasteiger partial charge in [-0.25, -0.2) is 13.1 Å². The van der Waals surface area contributed by atoms with Gasteiger partial charge in [-0.1, -0.05) is 18.2 Å². The van der Waals surface area contributed by atoms with E-state index in [0.717, 1.165) is 18.2 Å². The second-order valence-corrected chi connectivity index (χ2v) is 6.92. The molecule has 1 aromatic heterocycles. The quantitative estimate of drug-likeness (QED) is 0.868. The van der Waals surface area contributed by atoms with Gasteiger partial charge in [-0.15, -0.1) is 0 Å². The lowest BCUT2D eigenvalue weighted by atomic mass is 10.2. The smallest absolute Gasteiger partial charge is 0.242 e. The fourth-order valence-electron chi connectivity index (χ4n) is 2.27. The number of benzene rings is 1. The van der Waals surface area contributed by atoms with E-state index in [4.69, 9.17) is 5.73 Å². The van der Waals surface area contributed by atoms with E-state index in [1.165, 1.54) is 0 Å². The van der Waals surface area contributed by atoms with E-state index in [1.54, 1.807) is 24.4 Å². The van der Waals surface area contributed by atoms with E-state index < -0.39 is 10.0 Å². The van der Waals surface area contributed by atoms with Gasteiger partial charge in [0.1, 0.15) is 4.90 Å². The van der Waals surface area contributed by atoms with E-state index in [0.29, 0.717) is 11.4 Å². The van der Waals surface area contributed by atoms with E-state index in [1.807, 2.05) is 12.1 Å². The largest absolute Gasteiger partial charge is 0.326 e. The number of nitrogens with two attached hydrogens (primary N) is 1. The summed E-state index contributed by atoms with van der Waals surface area (Å²) in [4.78, 5) is 4.38. The second kappa shape index (κ2) is 5.12. The summed E-state index contributed by atoms with van der Waals surface area (Å²) in [7, 11) is -3.58. The molecule has 106 valence electrons. The van der Waals surface area contributed by atoms with Gasteiger partial charge in [0.15, 0.2) is 0 Å². The highest BCUT2D eigenvalue weighted by Gasteiger charge is 2.29. The van der Waals surface area contributed by atoms with Crippen molar-refractivity contribution in [2.24, 2.45) is 11.7 Å². The predicted octanol–water partition coefficient (Wildman–Crippen LogP) is 1.25. The maximum absolute atomic E-state index is 12.4. The Morgan fingerprint density at radius 3 is 2.80 bits per heavy atom. The van der Waals surface area contributed by atoms with Crippen LogP contribution in [0, 0.1) is 5.92 Å². The Hall–Kier alpha value is -1.50. The molecule has 1 aromatic carbocycles. The molecule has 1 atom stereocenters. The van der Waals surface area contributed by atoms with Gasteiger partial charge < -0.3 is 5.73 Å². The molecule has 1 fully saturated rings. The van der Waals surface area contributed by atoms with Crippen LogP contribution in [0.25, 0.3) is 10.9 Å². The van der Waals surface area contributed by atoms with Gasteiger partial charge in [-0.3, -0.25) is 4.98 Å². The van der Waals surface area contributed by atoms with Crippen LogP contribution in [0.2, 0.25) is 0 Å². The Morgan fingerprint density at radius 2 is 2.05 bits per heavy atom. The summed E-state index contributed by atoms with van der Waals surface area (Å²) in [5.74, 6) is 0.461. The number of para-hydroxylation sites is 1. The lowest BCUT2D eigenvalue weighted by Crippen LogP contribution is -2.38. The molecular formula is C14H17N3O2S. The van der Waals surface area contributed by atoms with Gasteiger partial charge in [0.05, 0.1) is 5.52 Å². The minimum absolute atomic E-state index is 0.104.